The van der Waals surface area contributed by atoms with Gasteiger partial charge in [0, 0.05) is 18.9 Å². The van der Waals surface area contributed by atoms with Crippen molar-refractivity contribution in [2.45, 2.75) is 25.9 Å². The molecule has 1 aliphatic heterocycles. The Morgan fingerprint density at radius 3 is 2.70 bits per heavy atom. The molecule has 0 bridgehead atoms. The minimum atomic E-state index is -0.109. The monoisotopic (exact) mass is 331 g/mol. The third-order valence-corrected chi connectivity index (χ3v) is 4.82. The van der Waals surface area contributed by atoms with Crippen LogP contribution in [0.5, 0.6) is 6.01 Å². The maximum Gasteiger partial charge on any atom is 0.316 e. The van der Waals surface area contributed by atoms with Crippen LogP contribution >= 0.6 is 11.3 Å². The van der Waals surface area contributed by atoms with Crippen LogP contribution in [0.15, 0.2) is 30.6 Å². The topological polar surface area (TPSA) is 72.4 Å². The van der Waals surface area contributed by atoms with E-state index in [1.54, 1.807) is 35.5 Å². The van der Waals surface area contributed by atoms with E-state index in [9.17, 15) is 9.59 Å². The van der Waals surface area contributed by atoms with Gasteiger partial charge in [-0.3, -0.25) is 9.59 Å². The molecule has 23 heavy (non-hydrogen) atoms. The minimum absolute atomic E-state index is 0.0184. The van der Waals surface area contributed by atoms with Gasteiger partial charge in [-0.15, -0.1) is 11.3 Å². The average molecular weight is 331 g/mol. The number of thiophene rings is 1. The normalized spacial score (nSPS) is 17.8. The van der Waals surface area contributed by atoms with Crippen LogP contribution in [-0.4, -0.2) is 45.8 Å². The van der Waals surface area contributed by atoms with Crippen LogP contribution < -0.4 is 4.74 Å². The van der Waals surface area contributed by atoms with Gasteiger partial charge in [0.15, 0.2) is 5.78 Å². The van der Waals surface area contributed by atoms with Crippen molar-refractivity contribution in [1.82, 2.24) is 14.9 Å². The second-order valence-electron chi connectivity index (χ2n) is 5.38. The van der Waals surface area contributed by atoms with Gasteiger partial charge in [-0.2, -0.15) is 0 Å². The van der Waals surface area contributed by atoms with E-state index in [0.29, 0.717) is 28.9 Å². The smallest absolute Gasteiger partial charge is 0.316 e. The van der Waals surface area contributed by atoms with Crippen LogP contribution in [0.3, 0.4) is 0 Å². The lowest BCUT2D eigenvalue weighted by Gasteiger charge is -2.32. The van der Waals surface area contributed by atoms with E-state index >= 15 is 0 Å². The molecule has 7 heteroatoms. The minimum Gasteiger partial charge on any atom is -0.458 e. The maximum absolute atomic E-state index is 12.6. The van der Waals surface area contributed by atoms with Gasteiger partial charge in [0.05, 0.1) is 16.3 Å². The number of likely N-dealkylation sites (tertiary alicyclic amines) is 1. The van der Waals surface area contributed by atoms with Crippen molar-refractivity contribution < 1.29 is 14.3 Å². The van der Waals surface area contributed by atoms with Crippen molar-refractivity contribution in [2.24, 2.45) is 0 Å². The first-order chi connectivity index (χ1) is 11.1. The molecule has 120 valence electrons. The standard InChI is InChI=1S/C16H17N3O3S/c1-11(20)13-5-6-14(23-13)15(21)19-9-2-4-12(10-19)22-16-17-7-3-8-18-16/h3,5-8,12H,2,4,9-10H2,1H3. The lowest BCUT2D eigenvalue weighted by molar-refractivity contribution is 0.0520. The third kappa shape index (κ3) is 3.73. The van der Waals surface area contributed by atoms with Crippen molar-refractivity contribution in [3.63, 3.8) is 0 Å². The average Bonchev–Trinajstić information content (AvgIpc) is 3.06. The van der Waals surface area contributed by atoms with Crippen molar-refractivity contribution in [1.29, 1.82) is 0 Å². The summed E-state index contributed by atoms with van der Waals surface area (Å²) < 4.78 is 5.75. The van der Waals surface area contributed by atoms with Gasteiger partial charge in [0.25, 0.3) is 5.91 Å². The molecule has 0 aliphatic carbocycles. The van der Waals surface area contributed by atoms with E-state index in [2.05, 4.69) is 9.97 Å². The number of carbonyl (C=O) groups excluding carboxylic acids is 2. The molecule has 1 atom stereocenters. The first-order valence-corrected chi connectivity index (χ1v) is 8.29. The summed E-state index contributed by atoms with van der Waals surface area (Å²) in [5.41, 5.74) is 0. The molecule has 1 aliphatic rings. The molecule has 1 unspecified atom stereocenters. The Kier molecular flexibility index (Phi) is 4.66. The summed E-state index contributed by atoms with van der Waals surface area (Å²) in [4.78, 5) is 35.0. The molecular formula is C16H17N3O3S. The second kappa shape index (κ2) is 6.87. The van der Waals surface area contributed by atoms with Crippen LogP contribution in [0.2, 0.25) is 0 Å². The molecule has 0 aromatic carbocycles. The highest BCUT2D eigenvalue weighted by atomic mass is 32.1. The predicted octanol–water partition coefficient (Wildman–Crippen LogP) is 2.42. The summed E-state index contributed by atoms with van der Waals surface area (Å²) >= 11 is 1.24. The zero-order valence-corrected chi connectivity index (χ0v) is 13.6. The van der Waals surface area contributed by atoms with Gasteiger partial charge < -0.3 is 9.64 Å². The fourth-order valence-electron chi connectivity index (χ4n) is 2.51. The van der Waals surface area contributed by atoms with E-state index < -0.39 is 0 Å². The van der Waals surface area contributed by atoms with Crippen molar-refractivity contribution >= 4 is 23.0 Å². The molecule has 1 amide bonds. The van der Waals surface area contributed by atoms with Gasteiger partial charge in [-0.25, -0.2) is 9.97 Å². The SMILES string of the molecule is CC(=O)c1ccc(C(=O)N2CCCC(Oc3ncccn3)C2)s1. The number of nitrogens with zero attached hydrogens (tertiary/aromatic N) is 3. The number of ether oxygens (including phenoxy) is 1. The molecule has 0 spiro atoms. The van der Waals surface area contributed by atoms with Gasteiger partial charge in [0.1, 0.15) is 6.10 Å². The van der Waals surface area contributed by atoms with E-state index in [1.807, 2.05) is 0 Å². The molecule has 0 N–H and O–H groups in total. The number of Topliss-reactive ketones (excluding diaryl/α,β-unsaturated/α-hetero) is 1. The Hall–Kier alpha value is -2.28. The Balaban J connectivity index is 1.65. The highest BCUT2D eigenvalue weighted by Crippen LogP contribution is 2.22. The Labute approximate surface area is 138 Å². The van der Waals surface area contributed by atoms with Crippen molar-refractivity contribution in [2.75, 3.05) is 13.1 Å². The molecule has 2 aromatic heterocycles. The van der Waals surface area contributed by atoms with Crippen LogP contribution in [-0.2, 0) is 0 Å². The highest BCUT2D eigenvalue weighted by Gasteiger charge is 2.27. The number of hydrogen-bond acceptors (Lipinski definition) is 6. The van der Waals surface area contributed by atoms with Crippen LogP contribution in [0.25, 0.3) is 0 Å². The summed E-state index contributed by atoms with van der Waals surface area (Å²) in [5, 5.41) is 0. The quantitative estimate of drug-likeness (QED) is 0.805. The first-order valence-electron chi connectivity index (χ1n) is 7.47. The van der Waals surface area contributed by atoms with Crippen LogP contribution in [0.4, 0.5) is 0 Å². The fraction of sp³-hybridized carbons (Fsp3) is 0.375. The Bertz CT molecular complexity index is 702. The molecule has 6 nitrogen and oxygen atoms in total. The summed E-state index contributed by atoms with van der Waals surface area (Å²) in [5.74, 6) is -0.0695. The summed E-state index contributed by atoms with van der Waals surface area (Å²) in [7, 11) is 0. The number of ketones is 1. The molecule has 0 saturated carbocycles. The fourth-order valence-corrected chi connectivity index (χ4v) is 3.38. The van der Waals surface area contributed by atoms with E-state index in [-0.39, 0.29) is 17.8 Å². The molecule has 3 heterocycles. The van der Waals surface area contributed by atoms with Gasteiger partial charge >= 0.3 is 6.01 Å². The lowest BCUT2D eigenvalue weighted by atomic mass is 10.1. The Morgan fingerprint density at radius 2 is 2.00 bits per heavy atom. The summed E-state index contributed by atoms with van der Waals surface area (Å²) in [6.07, 6.45) is 4.88. The van der Waals surface area contributed by atoms with E-state index in [0.717, 1.165) is 12.8 Å². The third-order valence-electron chi connectivity index (χ3n) is 3.64. The van der Waals surface area contributed by atoms with Crippen molar-refractivity contribution in [3.8, 4) is 6.01 Å². The zero-order valence-electron chi connectivity index (χ0n) is 12.8. The number of carbonyl (C=O) groups is 2. The lowest BCUT2D eigenvalue weighted by Crippen LogP contribution is -2.44. The first kappa shape index (κ1) is 15.6. The van der Waals surface area contributed by atoms with E-state index in [4.69, 9.17) is 4.74 Å². The predicted molar refractivity (Wildman–Crippen MR) is 85.9 cm³/mol. The van der Waals surface area contributed by atoms with Crippen LogP contribution in [0, 0.1) is 0 Å². The molecule has 1 fully saturated rings. The van der Waals surface area contributed by atoms with Crippen LogP contribution in [0.1, 0.15) is 39.1 Å². The Morgan fingerprint density at radius 1 is 1.26 bits per heavy atom. The number of rotatable bonds is 4. The zero-order chi connectivity index (χ0) is 16.2. The van der Waals surface area contributed by atoms with Gasteiger partial charge in [-0.1, -0.05) is 0 Å². The van der Waals surface area contributed by atoms with Gasteiger partial charge in [0.2, 0.25) is 0 Å². The summed E-state index contributed by atoms with van der Waals surface area (Å²) in [6, 6.07) is 5.49. The summed E-state index contributed by atoms with van der Waals surface area (Å²) in [6.45, 7) is 2.71. The molecular weight excluding hydrogens is 314 g/mol. The highest BCUT2D eigenvalue weighted by molar-refractivity contribution is 7.15. The van der Waals surface area contributed by atoms with Crippen molar-refractivity contribution in [3.05, 3.63) is 40.3 Å². The molecule has 3 rings (SSSR count). The number of hydrogen-bond donors (Lipinski definition) is 0. The van der Waals surface area contributed by atoms with E-state index in [1.165, 1.54) is 18.3 Å². The van der Waals surface area contributed by atoms with Gasteiger partial charge in [-0.05, 0) is 38.0 Å². The largest absolute Gasteiger partial charge is 0.458 e. The number of aromatic nitrogens is 2. The molecule has 0 radical (unpaired) electrons. The second-order valence-corrected chi connectivity index (χ2v) is 6.47. The number of amides is 1. The molecule has 2 aromatic rings. The molecule has 1 saturated heterocycles. The number of piperidine rings is 1. The maximum atomic E-state index is 12.6.